The minimum atomic E-state index is -1.55. The van der Waals surface area contributed by atoms with E-state index in [0.717, 1.165) is 10.6 Å². The van der Waals surface area contributed by atoms with Crippen LogP contribution in [-0.2, 0) is 24.6 Å². The van der Waals surface area contributed by atoms with Crippen LogP contribution in [0.3, 0.4) is 0 Å². The molecular weight excluding hydrogens is 596 g/mol. The number of hydrogen-bond acceptors (Lipinski definition) is 7. The minimum absolute atomic E-state index is 0.0436. The van der Waals surface area contributed by atoms with Crippen molar-refractivity contribution in [2.75, 3.05) is 5.43 Å². The number of imide groups is 4. The first-order valence-electron chi connectivity index (χ1n) is 14.7. The van der Waals surface area contributed by atoms with Gasteiger partial charge in [0.05, 0.1) is 28.9 Å². The molecule has 3 aromatic carbocycles. The Labute approximate surface area is 263 Å². The Bertz CT molecular complexity index is 1830. The second-order valence-corrected chi connectivity index (χ2v) is 12.6. The third kappa shape index (κ3) is 4.05. The molecule has 6 unspecified atom stereocenters. The number of carbonyl (C=O) groups is 5. The van der Waals surface area contributed by atoms with Crippen LogP contribution in [0.2, 0.25) is 5.02 Å². The van der Waals surface area contributed by atoms with Crippen molar-refractivity contribution >= 4 is 46.9 Å². The number of nitrogens with two attached hydrogens (primary N) is 1. The number of anilines is 1. The second kappa shape index (κ2) is 10.3. The maximum Gasteiger partial charge on any atom is 0.328 e. The van der Waals surface area contributed by atoms with E-state index in [4.69, 9.17) is 17.3 Å². The van der Waals surface area contributed by atoms with Crippen LogP contribution in [0.4, 0.5) is 10.5 Å². The number of rotatable bonds is 4. The first kappa shape index (κ1) is 28.8. The fourth-order valence-corrected chi connectivity index (χ4v) is 8.25. The summed E-state index contributed by atoms with van der Waals surface area (Å²) < 4.78 is 0. The molecule has 4 aliphatic rings. The van der Waals surface area contributed by atoms with E-state index in [0.29, 0.717) is 32.3 Å². The molecule has 3 fully saturated rings. The Kier molecular flexibility index (Phi) is 6.59. The average Bonchev–Trinajstić information content (AvgIpc) is 3.41. The van der Waals surface area contributed by atoms with Crippen molar-refractivity contribution < 1.29 is 29.1 Å². The van der Waals surface area contributed by atoms with E-state index in [2.05, 4.69) is 5.43 Å². The lowest BCUT2D eigenvalue weighted by molar-refractivity contribution is -0.139. The van der Waals surface area contributed by atoms with Gasteiger partial charge >= 0.3 is 6.03 Å². The lowest BCUT2D eigenvalue weighted by Crippen LogP contribution is -2.53. The molecule has 45 heavy (non-hydrogen) atoms. The molecule has 0 spiro atoms. The fourth-order valence-electron chi connectivity index (χ4n) is 8.07. The average molecular weight is 625 g/mol. The van der Waals surface area contributed by atoms with Crippen LogP contribution in [0, 0.1) is 30.6 Å². The number of aromatic hydroxyl groups is 1. The summed E-state index contributed by atoms with van der Waals surface area (Å²) in [4.78, 5) is 69.0. The molecule has 10 nitrogen and oxygen atoms in total. The molecule has 2 heterocycles. The van der Waals surface area contributed by atoms with Gasteiger partial charge in [-0.05, 0) is 61.6 Å². The van der Waals surface area contributed by atoms with E-state index in [1.54, 1.807) is 42.5 Å². The maximum absolute atomic E-state index is 15.0. The van der Waals surface area contributed by atoms with Crippen molar-refractivity contribution in [3.8, 4) is 5.75 Å². The van der Waals surface area contributed by atoms with E-state index in [9.17, 15) is 29.1 Å². The number of likely N-dealkylation sites (tertiary alicyclic amines) is 1. The van der Waals surface area contributed by atoms with E-state index >= 15 is 0 Å². The van der Waals surface area contributed by atoms with Crippen LogP contribution in [0.15, 0.2) is 84.4 Å². The molecule has 2 aliphatic heterocycles. The van der Waals surface area contributed by atoms with Gasteiger partial charge in [-0.2, -0.15) is 9.91 Å². The van der Waals surface area contributed by atoms with Gasteiger partial charge in [-0.3, -0.25) is 24.6 Å². The van der Waals surface area contributed by atoms with Crippen LogP contribution in [0.25, 0.3) is 0 Å². The Morgan fingerprint density at radius 2 is 1.67 bits per heavy atom. The van der Waals surface area contributed by atoms with Crippen LogP contribution in [0.5, 0.6) is 5.75 Å². The van der Waals surface area contributed by atoms with Crippen molar-refractivity contribution in [1.82, 2.24) is 9.91 Å². The van der Waals surface area contributed by atoms with Gasteiger partial charge in [0.1, 0.15) is 5.75 Å². The number of fused-ring (bicyclic) bond motifs is 4. The number of halogens is 1. The number of hydrogen-bond donors (Lipinski definition) is 3. The molecule has 6 amide bonds. The number of aryl methyl sites for hydroxylation is 1. The number of phenols is 1. The molecule has 11 heteroatoms. The predicted octanol–water partition coefficient (Wildman–Crippen LogP) is 4.42. The summed E-state index contributed by atoms with van der Waals surface area (Å²) in [5, 5.41) is 12.7. The molecule has 0 aromatic heterocycles. The first-order chi connectivity index (χ1) is 21.5. The number of benzene rings is 3. The van der Waals surface area contributed by atoms with Gasteiger partial charge in [0, 0.05) is 16.5 Å². The van der Waals surface area contributed by atoms with Crippen LogP contribution in [0.1, 0.15) is 35.4 Å². The number of carbonyl (C=O) groups excluding carboxylic acids is 5. The molecule has 228 valence electrons. The number of urea groups is 1. The Morgan fingerprint density at radius 1 is 0.956 bits per heavy atom. The van der Waals surface area contributed by atoms with Crippen molar-refractivity contribution in [2.24, 2.45) is 29.4 Å². The highest BCUT2D eigenvalue weighted by Crippen LogP contribution is 2.65. The van der Waals surface area contributed by atoms with Gasteiger partial charge in [0.25, 0.3) is 11.8 Å². The monoisotopic (exact) mass is 624 g/mol. The molecule has 0 radical (unpaired) electrons. The SMILES string of the molecule is Cc1ccc(NN2C(=O)C3CC4C(=CCC5C(=O)N(C(N)=O)C(=O)C54)C(c4cc(Cl)ccc4O)C3(c3ccccc3)C2=O)cc1. The van der Waals surface area contributed by atoms with E-state index < -0.39 is 64.7 Å². The third-order valence-electron chi connectivity index (χ3n) is 9.91. The summed E-state index contributed by atoms with van der Waals surface area (Å²) in [5.41, 5.74) is 9.93. The van der Waals surface area contributed by atoms with Gasteiger partial charge in [0.15, 0.2) is 0 Å². The smallest absolute Gasteiger partial charge is 0.328 e. The van der Waals surface area contributed by atoms with Gasteiger partial charge in [-0.25, -0.2) is 4.79 Å². The molecule has 4 N–H and O–H groups in total. The molecular formula is C34H29ClN4O6. The zero-order valence-electron chi connectivity index (χ0n) is 24.1. The molecule has 1 saturated carbocycles. The van der Waals surface area contributed by atoms with Crippen molar-refractivity contribution in [2.45, 2.75) is 31.1 Å². The third-order valence-corrected chi connectivity index (χ3v) is 10.1. The van der Waals surface area contributed by atoms with Gasteiger partial charge < -0.3 is 10.8 Å². The second-order valence-electron chi connectivity index (χ2n) is 12.1. The molecule has 2 aliphatic carbocycles. The highest BCUT2D eigenvalue weighted by atomic mass is 35.5. The molecule has 2 saturated heterocycles. The summed E-state index contributed by atoms with van der Waals surface area (Å²) in [6.07, 6.45) is 1.98. The number of allylic oxidation sites excluding steroid dienone is 2. The number of nitrogens with zero attached hydrogens (tertiary/aromatic N) is 2. The lowest BCUT2D eigenvalue weighted by Gasteiger charge is -2.50. The quantitative estimate of drug-likeness (QED) is 0.287. The summed E-state index contributed by atoms with van der Waals surface area (Å²) in [6.45, 7) is 1.92. The Morgan fingerprint density at radius 3 is 2.36 bits per heavy atom. The van der Waals surface area contributed by atoms with E-state index in [1.165, 1.54) is 12.1 Å². The number of amides is 6. The van der Waals surface area contributed by atoms with Gasteiger partial charge in [0.2, 0.25) is 11.8 Å². The zero-order chi connectivity index (χ0) is 31.8. The predicted molar refractivity (Wildman–Crippen MR) is 163 cm³/mol. The van der Waals surface area contributed by atoms with Crippen molar-refractivity contribution in [3.05, 3.63) is 106 Å². The molecule has 6 atom stereocenters. The standard InChI is InChI=1S/C34H29ClN4O6/c1-17-7-10-20(11-8-17)37-39-30(42)25-16-23-21(12-13-22-27(23)31(43)38(29(22)41)33(36)45)28(24-15-19(35)9-14-26(24)40)34(25,32(39)44)18-5-3-2-4-6-18/h2-12,14-15,22-23,25,27-28,37,40H,13,16H2,1H3,(H2,36,45). The van der Waals surface area contributed by atoms with Crippen molar-refractivity contribution in [3.63, 3.8) is 0 Å². The molecule has 0 bridgehead atoms. The van der Waals surface area contributed by atoms with Crippen molar-refractivity contribution in [1.29, 1.82) is 0 Å². The minimum Gasteiger partial charge on any atom is -0.508 e. The zero-order valence-corrected chi connectivity index (χ0v) is 24.9. The molecule has 3 aromatic rings. The fraction of sp³-hybridized carbons (Fsp3) is 0.265. The van der Waals surface area contributed by atoms with E-state index in [-0.39, 0.29) is 18.6 Å². The number of nitrogens with one attached hydrogen (secondary N) is 1. The largest absolute Gasteiger partial charge is 0.508 e. The maximum atomic E-state index is 15.0. The first-order valence-corrected chi connectivity index (χ1v) is 15.1. The Hall–Kier alpha value is -4.96. The lowest BCUT2D eigenvalue weighted by atomic mass is 9.49. The van der Waals surface area contributed by atoms with Crippen LogP contribution >= 0.6 is 11.6 Å². The number of primary amides is 1. The highest BCUT2D eigenvalue weighted by molar-refractivity contribution is 6.30. The summed E-state index contributed by atoms with van der Waals surface area (Å²) in [6, 6.07) is 19.6. The summed E-state index contributed by atoms with van der Waals surface area (Å²) >= 11 is 6.48. The highest BCUT2D eigenvalue weighted by Gasteiger charge is 2.70. The van der Waals surface area contributed by atoms with Gasteiger partial charge in [-0.1, -0.05) is 71.3 Å². The number of hydrazine groups is 1. The normalized spacial score (nSPS) is 28.8. The van der Waals surface area contributed by atoms with Crippen LogP contribution < -0.4 is 11.2 Å². The number of phenolic OH excluding ortho intramolecular Hbond substituents is 1. The van der Waals surface area contributed by atoms with Crippen LogP contribution in [-0.4, -0.2) is 44.7 Å². The summed E-state index contributed by atoms with van der Waals surface area (Å²) in [5.74, 6) is -7.05. The topological polar surface area (TPSA) is 150 Å². The summed E-state index contributed by atoms with van der Waals surface area (Å²) in [7, 11) is 0. The Balaban J connectivity index is 1.47. The molecule has 7 rings (SSSR count). The van der Waals surface area contributed by atoms with E-state index in [1.807, 2.05) is 31.2 Å². The van der Waals surface area contributed by atoms with Gasteiger partial charge in [-0.15, -0.1) is 0 Å².